The number of carbonyl (C=O) groups excluding carboxylic acids is 1. The maximum absolute atomic E-state index is 12.5. The number of methoxy groups -OCH3 is 1. The van der Waals surface area contributed by atoms with E-state index in [1.54, 1.807) is 12.1 Å². The summed E-state index contributed by atoms with van der Waals surface area (Å²) in [5.74, 6) is -1.29. The fourth-order valence-electron chi connectivity index (χ4n) is 5.69. The predicted octanol–water partition coefficient (Wildman–Crippen LogP) is 5.54. The standard InChI is InChI=1S/C32H33NO7S/c1-37-31(34)28(23-12-14-26(15-13-23)41(35,36)27-16-17-27)33-38-21-22-18-19-32(20-22)39-29(24-8-4-2-5-9-24)30(40-32)25-10-6-3-7-11-25/h2-15,22,27,29-30H,16-21H2,1H3/b33-28+/t22-,29+,30+/m0/s1. The van der Waals surface area contributed by atoms with Crippen molar-refractivity contribution >= 4 is 21.5 Å². The number of rotatable bonds is 9. The fraction of sp³-hybridized carbons (Fsp3) is 0.375. The summed E-state index contributed by atoms with van der Waals surface area (Å²) in [6, 6.07) is 26.4. The molecule has 0 amide bonds. The van der Waals surface area contributed by atoms with Crippen molar-refractivity contribution in [1.29, 1.82) is 0 Å². The molecule has 1 spiro atoms. The van der Waals surface area contributed by atoms with Crippen LogP contribution in [0.15, 0.2) is 95.0 Å². The first-order valence-corrected chi connectivity index (χ1v) is 15.5. The van der Waals surface area contributed by atoms with Gasteiger partial charge in [0.1, 0.15) is 18.8 Å². The topological polar surface area (TPSA) is 100 Å². The van der Waals surface area contributed by atoms with Gasteiger partial charge in [0, 0.05) is 24.3 Å². The maximum atomic E-state index is 12.5. The average molecular weight is 576 g/mol. The Labute approximate surface area is 240 Å². The van der Waals surface area contributed by atoms with Gasteiger partial charge in [0.25, 0.3) is 0 Å². The van der Waals surface area contributed by atoms with Gasteiger partial charge in [0.2, 0.25) is 0 Å². The van der Waals surface area contributed by atoms with Gasteiger partial charge in [-0.05, 0) is 42.5 Å². The van der Waals surface area contributed by atoms with E-state index in [4.69, 9.17) is 19.0 Å². The first-order valence-electron chi connectivity index (χ1n) is 14.0. The highest BCUT2D eigenvalue weighted by atomic mass is 32.2. The molecule has 3 aromatic rings. The third-order valence-corrected chi connectivity index (χ3v) is 10.3. The molecule has 0 N–H and O–H groups in total. The van der Waals surface area contributed by atoms with Gasteiger partial charge >= 0.3 is 5.97 Å². The van der Waals surface area contributed by atoms with Crippen molar-refractivity contribution in [3.63, 3.8) is 0 Å². The van der Waals surface area contributed by atoms with Gasteiger partial charge in [-0.3, -0.25) is 0 Å². The summed E-state index contributed by atoms with van der Waals surface area (Å²) < 4.78 is 43.3. The molecule has 8 nitrogen and oxygen atoms in total. The van der Waals surface area contributed by atoms with Crippen molar-refractivity contribution < 1.29 is 32.3 Å². The molecule has 1 saturated heterocycles. The Kier molecular flexibility index (Phi) is 7.68. The molecular formula is C32H33NO7S. The molecule has 9 heteroatoms. The molecule has 3 aliphatic rings. The first kappa shape index (κ1) is 27.6. The summed E-state index contributed by atoms with van der Waals surface area (Å²) in [5, 5.41) is 3.81. The molecule has 3 aromatic carbocycles. The highest BCUT2D eigenvalue weighted by Crippen LogP contribution is 2.54. The first-order chi connectivity index (χ1) is 19.9. The zero-order valence-corrected chi connectivity index (χ0v) is 23.7. The number of hydrogen-bond acceptors (Lipinski definition) is 8. The summed E-state index contributed by atoms with van der Waals surface area (Å²) in [6.07, 6.45) is 3.09. The lowest BCUT2D eigenvalue weighted by Gasteiger charge is -2.23. The Morgan fingerprint density at radius 2 is 1.46 bits per heavy atom. The van der Waals surface area contributed by atoms with Crippen molar-refractivity contribution in [2.75, 3.05) is 13.7 Å². The number of esters is 1. The summed E-state index contributed by atoms with van der Waals surface area (Å²) in [6.45, 7) is 0.273. The van der Waals surface area contributed by atoms with Crippen LogP contribution in [0.2, 0.25) is 0 Å². The predicted molar refractivity (Wildman–Crippen MR) is 152 cm³/mol. The molecule has 6 rings (SSSR count). The Bertz CT molecular complexity index is 1460. The van der Waals surface area contributed by atoms with Gasteiger partial charge in [0.15, 0.2) is 21.3 Å². The molecule has 0 aromatic heterocycles. The number of ether oxygens (including phenoxy) is 3. The van der Waals surface area contributed by atoms with E-state index in [1.807, 2.05) is 36.4 Å². The highest BCUT2D eigenvalue weighted by Gasteiger charge is 2.52. The quantitative estimate of drug-likeness (QED) is 0.188. The number of oxime groups is 1. The van der Waals surface area contributed by atoms with Gasteiger partial charge in [0.05, 0.1) is 17.3 Å². The van der Waals surface area contributed by atoms with Crippen LogP contribution in [0, 0.1) is 5.92 Å². The summed E-state index contributed by atoms with van der Waals surface area (Å²) in [4.78, 5) is 18.4. The minimum Gasteiger partial charge on any atom is -0.464 e. The van der Waals surface area contributed by atoms with E-state index in [-0.39, 0.29) is 40.6 Å². The van der Waals surface area contributed by atoms with Crippen molar-refractivity contribution in [1.82, 2.24) is 0 Å². The Morgan fingerprint density at radius 1 is 0.878 bits per heavy atom. The van der Waals surface area contributed by atoms with E-state index in [0.29, 0.717) is 24.8 Å². The Balaban J connectivity index is 1.14. The van der Waals surface area contributed by atoms with Crippen LogP contribution in [0.1, 0.15) is 61.0 Å². The van der Waals surface area contributed by atoms with Crippen LogP contribution in [0.3, 0.4) is 0 Å². The van der Waals surface area contributed by atoms with Crippen LogP contribution in [0.5, 0.6) is 0 Å². The Morgan fingerprint density at radius 3 is 2.00 bits per heavy atom. The molecule has 1 heterocycles. The third-order valence-electron chi connectivity index (χ3n) is 8.01. The smallest absolute Gasteiger partial charge is 0.360 e. The molecule has 0 unspecified atom stereocenters. The summed E-state index contributed by atoms with van der Waals surface area (Å²) >= 11 is 0. The molecule has 214 valence electrons. The zero-order chi connectivity index (χ0) is 28.5. The second kappa shape index (κ2) is 11.4. The monoisotopic (exact) mass is 575 g/mol. The van der Waals surface area contributed by atoms with Crippen LogP contribution in [-0.2, 0) is 33.7 Å². The van der Waals surface area contributed by atoms with Gasteiger partial charge in [-0.2, -0.15) is 0 Å². The molecule has 3 fully saturated rings. The second-order valence-corrected chi connectivity index (χ2v) is 13.1. The molecule has 1 aliphatic heterocycles. The molecule has 0 radical (unpaired) electrons. The number of sulfone groups is 1. The minimum absolute atomic E-state index is 0.0165. The second-order valence-electron chi connectivity index (χ2n) is 10.9. The highest BCUT2D eigenvalue weighted by molar-refractivity contribution is 7.92. The SMILES string of the molecule is COC(=O)/C(=N/OC[C@H]1CCC2(C1)O[C@H](c1ccccc1)[C@@H](c1ccccc1)O2)c1ccc(S(=O)(=O)C2CC2)cc1. The summed E-state index contributed by atoms with van der Waals surface area (Å²) in [5.41, 5.74) is 2.55. The number of carbonyl (C=O) groups is 1. The lowest BCUT2D eigenvalue weighted by atomic mass is 9.99. The molecule has 3 atom stereocenters. The average Bonchev–Trinajstić information content (AvgIpc) is 3.72. The molecule has 41 heavy (non-hydrogen) atoms. The van der Waals surface area contributed by atoms with Crippen LogP contribution in [0.4, 0.5) is 0 Å². The summed E-state index contributed by atoms with van der Waals surface area (Å²) in [7, 11) is -2.06. The van der Waals surface area contributed by atoms with Gasteiger partial charge in [-0.1, -0.05) is 78.0 Å². The molecule has 0 bridgehead atoms. The number of benzene rings is 3. The third kappa shape index (κ3) is 5.80. The van der Waals surface area contributed by atoms with E-state index >= 15 is 0 Å². The normalized spacial score (nSPS) is 23.9. The van der Waals surface area contributed by atoms with Crippen molar-refractivity contribution in [2.24, 2.45) is 11.1 Å². The van der Waals surface area contributed by atoms with Gasteiger partial charge in [-0.15, -0.1) is 0 Å². The van der Waals surface area contributed by atoms with Crippen molar-refractivity contribution in [2.45, 2.75) is 60.2 Å². The van der Waals surface area contributed by atoms with Crippen LogP contribution >= 0.6 is 0 Å². The Hall–Kier alpha value is -3.53. The van der Waals surface area contributed by atoms with E-state index in [2.05, 4.69) is 29.4 Å². The fourth-order valence-corrected chi connectivity index (χ4v) is 7.35. The lowest BCUT2D eigenvalue weighted by molar-refractivity contribution is -0.173. The zero-order valence-electron chi connectivity index (χ0n) is 22.8. The number of hydrogen-bond donors (Lipinski definition) is 0. The maximum Gasteiger partial charge on any atom is 0.360 e. The van der Waals surface area contributed by atoms with E-state index in [1.165, 1.54) is 19.2 Å². The van der Waals surface area contributed by atoms with Crippen LogP contribution in [-0.4, -0.2) is 44.9 Å². The largest absolute Gasteiger partial charge is 0.464 e. The van der Waals surface area contributed by atoms with Crippen molar-refractivity contribution in [3.05, 3.63) is 102 Å². The minimum atomic E-state index is -3.33. The molecular weight excluding hydrogens is 542 g/mol. The van der Waals surface area contributed by atoms with E-state index < -0.39 is 21.6 Å². The lowest BCUT2D eigenvalue weighted by Crippen LogP contribution is -2.27. The van der Waals surface area contributed by atoms with Gasteiger partial charge in [-0.25, -0.2) is 13.2 Å². The van der Waals surface area contributed by atoms with E-state index in [9.17, 15) is 13.2 Å². The molecule has 2 saturated carbocycles. The molecule has 2 aliphatic carbocycles. The van der Waals surface area contributed by atoms with E-state index in [0.717, 1.165) is 24.0 Å². The van der Waals surface area contributed by atoms with Crippen molar-refractivity contribution in [3.8, 4) is 0 Å². The number of nitrogens with zero attached hydrogens (tertiary/aromatic N) is 1. The van der Waals surface area contributed by atoms with Crippen LogP contribution < -0.4 is 0 Å². The van der Waals surface area contributed by atoms with Gasteiger partial charge < -0.3 is 19.0 Å². The van der Waals surface area contributed by atoms with Crippen LogP contribution in [0.25, 0.3) is 0 Å².